The Kier molecular flexibility index (Phi) is 27.9. The molecule has 12 heterocycles. The maximum atomic E-state index is 14.6. The molecule has 12 aromatic rings. The second-order valence-electron chi connectivity index (χ2n) is 31.8. The Morgan fingerprint density at radius 1 is 0.381 bits per heavy atom. The number of halogens is 8. The summed E-state index contributed by atoms with van der Waals surface area (Å²) in [5, 5.41) is 13.3. The lowest BCUT2D eigenvalue weighted by molar-refractivity contribution is -0.703. The van der Waals surface area contributed by atoms with E-state index in [0.29, 0.717) is 169 Å². The molecule has 118 heavy (non-hydrogen) atoms. The van der Waals surface area contributed by atoms with Crippen molar-refractivity contribution < 1.29 is 73.7 Å². The highest BCUT2D eigenvalue weighted by Crippen LogP contribution is 2.40. The number of hydrogen-bond acceptors (Lipinski definition) is 24. The number of H-pyrrole nitrogens is 4. The Hall–Kier alpha value is -8.84. The van der Waals surface area contributed by atoms with E-state index in [-0.39, 0.29) is 61.3 Å². The van der Waals surface area contributed by atoms with Crippen LogP contribution in [0.1, 0.15) is 115 Å². The fourth-order valence-electron chi connectivity index (χ4n) is 13.1. The van der Waals surface area contributed by atoms with Gasteiger partial charge in [-0.2, -0.15) is 18.3 Å². The third-order valence-electron chi connectivity index (χ3n) is 18.8. The van der Waals surface area contributed by atoms with Crippen LogP contribution < -0.4 is 100 Å². The number of hydrogen-bond donors (Lipinski definition) is 12. The molecule has 0 radical (unpaired) electrons. The number of anilines is 4. The third-order valence-corrected chi connectivity index (χ3v) is 22.8. The average molecular weight is 2080 g/mol. The van der Waals surface area contributed by atoms with Gasteiger partial charge in [0.05, 0.1) is 26.2 Å². The van der Waals surface area contributed by atoms with Gasteiger partial charge < -0.3 is 102 Å². The fraction of sp³-hybridized carbons (Fsp3) is 0.436. The van der Waals surface area contributed by atoms with Gasteiger partial charge in [0.25, 0.3) is 22.6 Å². The molecule has 16 rings (SSSR count). The van der Waals surface area contributed by atoms with Crippen LogP contribution in [0.5, 0.6) is 46.0 Å². The maximum Gasteiger partial charge on any atom is 0.425 e. The van der Waals surface area contributed by atoms with Gasteiger partial charge in [-0.25, -0.2) is 0 Å². The minimum Gasteiger partial charge on any atom is -0.454 e. The molecule has 4 aliphatic rings. The molecule has 40 heteroatoms. The maximum absolute atomic E-state index is 14.6. The van der Waals surface area contributed by atoms with E-state index in [1.807, 2.05) is 48.5 Å². The van der Waals surface area contributed by atoms with E-state index < -0.39 is 24.3 Å². The molecule has 4 aromatic carbocycles. The Balaban J connectivity index is 0.000000136. The van der Waals surface area contributed by atoms with Crippen molar-refractivity contribution in [3.8, 4) is 46.0 Å². The molecule has 8 aromatic heterocycles. The Morgan fingerprint density at radius 2 is 0.619 bits per heavy atom. The first kappa shape index (κ1) is 87.0. The van der Waals surface area contributed by atoms with E-state index >= 15 is 0 Å². The number of imidazole rings is 4. The van der Waals surface area contributed by atoms with Crippen LogP contribution in [0.3, 0.4) is 0 Å². The van der Waals surface area contributed by atoms with Crippen LogP contribution in [0.4, 0.5) is 40.8 Å². The average Bonchev–Trinajstić information content (AvgIpc) is 1.63. The Morgan fingerprint density at radius 3 is 0.881 bits per heavy atom. The highest BCUT2D eigenvalue weighted by molar-refractivity contribution is 14.1. The topological polar surface area (TPSA) is 408 Å². The molecular formula is C78H96F4I4N24O8+4. The van der Waals surface area contributed by atoms with Crippen LogP contribution >= 0.6 is 90.4 Å². The third kappa shape index (κ3) is 21.5. The van der Waals surface area contributed by atoms with Crippen molar-refractivity contribution in [2.45, 2.75) is 121 Å². The number of rotatable bonds is 26. The van der Waals surface area contributed by atoms with Crippen molar-refractivity contribution in [2.24, 2.45) is 22.7 Å². The molecule has 32 nitrogen and oxygen atoms in total. The molecule has 0 unspecified atom stereocenters. The minimum absolute atomic E-state index is 0.0977. The quantitative estimate of drug-likeness (QED) is 0.00789. The van der Waals surface area contributed by atoms with E-state index in [2.05, 4.69) is 241 Å². The van der Waals surface area contributed by atoms with Gasteiger partial charge in [0.2, 0.25) is 50.4 Å². The summed E-state index contributed by atoms with van der Waals surface area (Å²) in [4.78, 5) is 46.7. The molecule has 0 saturated heterocycles. The zero-order valence-corrected chi connectivity index (χ0v) is 75.5. The Labute approximate surface area is 731 Å². The molecule has 0 aliphatic carbocycles. The van der Waals surface area contributed by atoms with Gasteiger partial charge in [-0.3, -0.25) is 0 Å². The van der Waals surface area contributed by atoms with E-state index in [4.69, 9.17) is 60.8 Å². The zero-order valence-electron chi connectivity index (χ0n) is 66.9. The highest BCUT2D eigenvalue weighted by atomic mass is 131. The summed E-state index contributed by atoms with van der Waals surface area (Å²) < 4.78 is 112. The van der Waals surface area contributed by atoms with Gasteiger partial charge in [-0.1, -0.05) is 109 Å². The van der Waals surface area contributed by atoms with Crippen LogP contribution in [0, 0.1) is 61.3 Å². The van der Waals surface area contributed by atoms with Crippen LogP contribution in [0.25, 0.3) is 44.7 Å². The molecule has 16 N–H and O–H groups in total. The number of benzene rings is 4. The number of nitrogens with two attached hydrogens (primary N) is 4. The van der Waals surface area contributed by atoms with Gasteiger partial charge in [-0.05, 0) is 197 Å². The number of ether oxygens (including phenoxy) is 8. The minimum atomic E-state index is -0.645. The fourth-order valence-corrected chi connectivity index (χ4v) is 15.6. The van der Waals surface area contributed by atoms with Crippen molar-refractivity contribution in [3.63, 3.8) is 0 Å². The SMILES string of the molecule is CC(C)(C)CNCC[n+]1c(F)nc(N)c2[nH]c(Cc3cc4c(cc3[124I])OCO4)nc21.CC(C)(C)CNCC[n+]1c(F)nc(N)c2[nH]c(Cc3cc4c(cc3[131I])OCO4)nc21.CC(C)CNCC[n+]1c(F)nc(N)c2[nH]c(Cc3cc4c(cc3[124I])OCO4)nc21.CC(C)CNCC[n+]1c(F)nc(N)c2[nH]c(Cc3cc4c(cc3[131I])OCO4)nc21. The van der Waals surface area contributed by atoms with Gasteiger partial charge in [0.1, 0.15) is 0 Å². The standard InChI is InChI=1S/2C20H24FIN6O2.2C19H22FIN6O2/c2*1-20(2,3)9-24-4-5-28-18-16(17(23)27-19(28)21)25-15(26-18)7-11-6-13-14(8-12(11)22)30-10-29-13;2*1-10(2)8-23-3-4-27-18-16(17(22)26-19(27)20)24-15(25-18)6-11-5-13-14(7-12(11)21)29-9-28-13/h2*6,8,24H,4-5,7,9-10H2,1-3H3,(H2,23,25,26);2*5,7,10,23H,3-4,6,8-9H2,1-2H3,(H2,22,24,25)/p+4/i22+4;22-3;21+4;21-3. The lowest BCUT2D eigenvalue weighted by Gasteiger charge is -2.18. The van der Waals surface area contributed by atoms with Crippen LogP contribution in [0.15, 0.2) is 48.5 Å². The summed E-state index contributed by atoms with van der Waals surface area (Å²) in [6.45, 7) is 29.7. The monoisotopic (exact) mass is 2080 g/mol. The summed E-state index contributed by atoms with van der Waals surface area (Å²) in [5.74, 6) is 9.99. The Bertz CT molecular complexity index is 5320. The van der Waals surface area contributed by atoms with Crippen molar-refractivity contribution in [1.29, 1.82) is 0 Å². The van der Waals surface area contributed by atoms with Crippen LogP contribution in [-0.2, 0) is 51.9 Å². The molecule has 0 atom stereocenters. The summed E-state index contributed by atoms with van der Waals surface area (Å²) in [6, 6.07) is 15.6. The summed E-state index contributed by atoms with van der Waals surface area (Å²) in [5.41, 5.74) is 32.3. The van der Waals surface area contributed by atoms with Crippen molar-refractivity contribution >= 4 is 158 Å². The van der Waals surface area contributed by atoms with E-state index in [1.165, 1.54) is 18.3 Å². The molecule has 0 saturated carbocycles. The second kappa shape index (κ2) is 37.8. The number of aromatic nitrogens is 16. The lowest BCUT2D eigenvalue weighted by atomic mass is 9.97. The molecule has 0 spiro atoms. The van der Waals surface area contributed by atoms with Gasteiger partial charge in [-0.15, -0.1) is 17.6 Å². The molecular weight excluding hydrogens is 1990 g/mol. The van der Waals surface area contributed by atoms with Crippen LogP contribution in [0.2, 0.25) is 0 Å². The molecule has 0 fully saturated rings. The van der Waals surface area contributed by atoms with Crippen molar-refractivity contribution in [2.75, 3.05) is 102 Å². The zero-order chi connectivity index (χ0) is 84.0. The first-order valence-corrected chi connectivity index (χ1v) is 42.7. The normalized spacial score (nSPS) is 13.2. The van der Waals surface area contributed by atoms with Crippen molar-refractivity contribution in [1.82, 2.24) is 81.1 Å². The predicted molar refractivity (Wildman–Crippen MR) is 466 cm³/mol. The van der Waals surface area contributed by atoms with Crippen molar-refractivity contribution in [3.05, 3.63) is 133 Å². The van der Waals surface area contributed by atoms with Crippen LogP contribution in [-0.4, -0.2) is 139 Å². The largest absolute Gasteiger partial charge is 0.454 e. The van der Waals surface area contributed by atoms with E-state index in [1.54, 1.807) is 0 Å². The second-order valence-corrected chi connectivity index (χ2v) is 36.4. The van der Waals surface area contributed by atoms with Gasteiger partial charge in [0, 0.05) is 79.2 Å². The van der Waals surface area contributed by atoms with E-state index in [0.717, 1.165) is 97.2 Å². The molecule has 628 valence electrons. The lowest BCUT2D eigenvalue weighted by Crippen LogP contribution is -2.45. The molecule has 0 amide bonds. The molecule has 4 aliphatic heterocycles. The summed E-state index contributed by atoms with van der Waals surface area (Å²) in [6.07, 6.45) is -0.484. The predicted octanol–water partition coefficient (Wildman–Crippen LogP) is 9.33. The molecule has 0 bridgehead atoms. The first-order chi connectivity index (χ1) is 56.3. The first-order valence-electron chi connectivity index (χ1n) is 38.3. The summed E-state index contributed by atoms with van der Waals surface area (Å²) >= 11 is 9.03. The highest BCUT2D eigenvalue weighted by Gasteiger charge is 2.32. The summed E-state index contributed by atoms with van der Waals surface area (Å²) in [7, 11) is 0. The number of nitrogens with one attached hydrogen (secondary N) is 8. The number of fused-ring (bicyclic) bond motifs is 8. The van der Waals surface area contributed by atoms with Gasteiger partial charge in [0.15, 0.2) is 91.4 Å². The number of nitrogen functional groups attached to an aromatic ring is 4. The smallest absolute Gasteiger partial charge is 0.425 e. The van der Waals surface area contributed by atoms with E-state index in [9.17, 15) is 17.6 Å². The number of nitrogens with zero attached hydrogens (tertiary/aromatic N) is 12. The number of aromatic amines is 4. The van der Waals surface area contributed by atoms with Gasteiger partial charge >= 0.3 is 24.3 Å².